The first-order chi connectivity index (χ1) is 18.9. The second-order valence-corrected chi connectivity index (χ2v) is 9.81. The van der Waals surface area contributed by atoms with E-state index in [4.69, 9.17) is 9.47 Å². The summed E-state index contributed by atoms with van der Waals surface area (Å²) in [6.07, 6.45) is 2.38. The number of carbonyl (C=O) groups is 3. The molecule has 3 heterocycles. The molecule has 2 atom stereocenters. The van der Waals surface area contributed by atoms with E-state index in [2.05, 4.69) is 20.8 Å². The molecule has 3 aromatic rings. The van der Waals surface area contributed by atoms with E-state index in [1.165, 1.54) is 15.9 Å². The number of aryl methyl sites for hydroxylation is 1. The normalized spacial score (nSPS) is 20.7. The molecule has 0 radical (unpaired) electrons. The smallest absolute Gasteiger partial charge is 0.244 e. The number of hydrogen-bond donors (Lipinski definition) is 1. The Labute approximate surface area is 225 Å². The summed E-state index contributed by atoms with van der Waals surface area (Å²) in [5, 5.41) is 13.9. The molecule has 1 N–H and O–H groups in total. The number of benzene rings is 2. The number of fused-ring (bicyclic) bond motifs is 5. The van der Waals surface area contributed by atoms with Gasteiger partial charge in [0, 0.05) is 26.6 Å². The van der Waals surface area contributed by atoms with Crippen LogP contribution in [0.25, 0.3) is 0 Å². The van der Waals surface area contributed by atoms with Gasteiger partial charge in [0.25, 0.3) is 0 Å². The first-order valence-corrected chi connectivity index (χ1v) is 12.9. The lowest BCUT2D eigenvalue weighted by molar-refractivity contribution is -0.139. The van der Waals surface area contributed by atoms with Crippen LogP contribution in [0.3, 0.4) is 0 Å². The van der Waals surface area contributed by atoms with Gasteiger partial charge in [-0.15, -0.1) is 5.10 Å². The largest absolute Gasteiger partial charge is 0.457 e. The molecule has 5 rings (SSSR count). The Morgan fingerprint density at radius 3 is 2.62 bits per heavy atom. The number of likely N-dealkylation sites (tertiary alicyclic amines) is 1. The topological polar surface area (TPSA) is 132 Å². The summed E-state index contributed by atoms with van der Waals surface area (Å²) < 4.78 is 13.7. The second-order valence-electron chi connectivity index (χ2n) is 9.81. The molecule has 1 fully saturated rings. The van der Waals surface area contributed by atoms with Gasteiger partial charge in [-0.1, -0.05) is 24.3 Å². The fraction of sp³-hybridized carbons (Fsp3) is 0.407. The van der Waals surface area contributed by atoms with Crippen molar-refractivity contribution in [1.82, 2.24) is 35.3 Å². The van der Waals surface area contributed by atoms with Crippen molar-refractivity contribution in [3.8, 4) is 11.5 Å². The molecule has 3 amide bonds. The molecular formula is C27H31N7O5. The zero-order valence-corrected chi connectivity index (χ0v) is 21.7. The molecule has 0 saturated carbocycles. The fourth-order valence-electron chi connectivity index (χ4n) is 4.79. The van der Waals surface area contributed by atoms with E-state index in [-0.39, 0.29) is 49.9 Å². The van der Waals surface area contributed by atoms with Crippen molar-refractivity contribution >= 4 is 17.7 Å². The maximum absolute atomic E-state index is 13.0. The molecule has 0 spiro atoms. The molecule has 12 nitrogen and oxygen atoms in total. The number of likely N-dealkylation sites (N-methyl/N-ethyl adjacent to an activating group) is 1. The Hall–Kier alpha value is -4.32. The van der Waals surface area contributed by atoms with Crippen LogP contribution in [0.15, 0.2) is 54.9 Å². The molecule has 2 aliphatic rings. The molecule has 204 valence electrons. The van der Waals surface area contributed by atoms with Crippen molar-refractivity contribution < 1.29 is 23.9 Å². The lowest BCUT2D eigenvalue weighted by Crippen LogP contribution is -2.58. The van der Waals surface area contributed by atoms with Crippen LogP contribution in [0.5, 0.6) is 11.5 Å². The maximum Gasteiger partial charge on any atom is 0.244 e. The summed E-state index contributed by atoms with van der Waals surface area (Å²) in [6.45, 7) is 0.963. The molecule has 1 aromatic heterocycles. The summed E-state index contributed by atoms with van der Waals surface area (Å²) in [5.41, 5.74) is 1.90. The highest BCUT2D eigenvalue weighted by Crippen LogP contribution is 2.25. The third-order valence-electron chi connectivity index (χ3n) is 6.87. The average molecular weight is 534 g/mol. The van der Waals surface area contributed by atoms with Crippen molar-refractivity contribution in [1.29, 1.82) is 0 Å². The number of piperidine rings is 1. The molecule has 2 aromatic carbocycles. The molecule has 4 bridgehead atoms. The number of nitrogens with zero attached hydrogens (tertiary/aromatic N) is 6. The van der Waals surface area contributed by atoms with E-state index in [0.29, 0.717) is 37.5 Å². The number of hydrogen-bond acceptors (Lipinski definition) is 8. The SMILES string of the molecule is CN1CC(=O)N[C@H]2CN(C(=O)Cn3cnnn3)CC[C@H]2OCc2cccc(c2)Oc2cccc(c2)CCC1=O. The van der Waals surface area contributed by atoms with Crippen LogP contribution >= 0.6 is 0 Å². The summed E-state index contributed by atoms with van der Waals surface area (Å²) in [7, 11) is 1.61. The van der Waals surface area contributed by atoms with E-state index >= 15 is 0 Å². The van der Waals surface area contributed by atoms with Gasteiger partial charge in [0.2, 0.25) is 17.7 Å². The van der Waals surface area contributed by atoms with Crippen molar-refractivity contribution in [2.24, 2.45) is 0 Å². The molecular weight excluding hydrogens is 502 g/mol. The van der Waals surface area contributed by atoms with Gasteiger partial charge in [-0.2, -0.15) is 0 Å². The van der Waals surface area contributed by atoms with Gasteiger partial charge in [-0.05, 0) is 58.7 Å². The van der Waals surface area contributed by atoms with Gasteiger partial charge < -0.3 is 24.6 Å². The summed E-state index contributed by atoms with van der Waals surface area (Å²) in [5.74, 6) is 0.760. The Bertz CT molecular complexity index is 1320. The Morgan fingerprint density at radius 1 is 1.08 bits per heavy atom. The zero-order valence-electron chi connectivity index (χ0n) is 21.7. The molecule has 39 heavy (non-hydrogen) atoms. The maximum atomic E-state index is 13.0. The minimum absolute atomic E-state index is 0.00524. The number of carbonyl (C=O) groups excluding carboxylic acids is 3. The van der Waals surface area contributed by atoms with Crippen molar-refractivity contribution in [3.63, 3.8) is 0 Å². The van der Waals surface area contributed by atoms with Crippen LogP contribution in [0.4, 0.5) is 0 Å². The van der Waals surface area contributed by atoms with Crippen molar-refractivity contribution in [2.75, 3.05) is 26.7 Å². The van der Waals surface area contributed by atoms with Crippen LogP contribution < -0.4 is 10.1 Å². The van der Waals surface area contributed by atoms with Crippen molar-refractivity contribution in [3.05, 3.63) is 66.0 Å². The summed E-state index contributed by atoms with van der Waals surface area (Å²) in [6, 6.07) is 14.9. The Balaban J connectivity index is 1.34. The standard InChI is InChI=1S/C27H31N7O5/c1-32-15-25(35)29-23-14-33(27(37)16-34-18-28-30-31-34)11-10-24(23)38-17-20-5-3-7-22(13-20)39-21-6-2-4-19(12-21)8-9-26(32)36/h2-7,12-13,18,23-24H,8-11,14-17H2,1H3,(H,29,35)/t23-,24+/m0/s1. The van der Waals surface area contributed by atoms with Gasteiger partial charge in [0.15, 0.2) is 0 Å². The predicted molar refractivity (Wildman–Crippen MR) is 138 cm³/mol. The molecule has 1 saturated heterocycles. The lowest BCUT2D eigenvalue weighted by atomic mass is 10.0. The first-order valence-electron chi connectivity index (χ1n) is 12.9. The van der Waals surface area contributed by atoms with Crippen LogP contribution in [0.2, 0.25) is 0 Å². The molecule has 0 unspecified atom stereocenters. The first kappa shape index (κ1) is 26.3. The van der Waals surface area contributed by atoms with Gasteiger partial charge in [0.1, 0.15) is 24.4 Å². The molecule has 2 aliphatic heterocycles. The third-order valence-corrected chi connectivity index (χ3v) is 6.87. The monoisotopic (exact) mass is 533 g/mol. The minimum atomic E-state index is -0.453. The van der Waals surface area contributed by atoms with E-state index in [0.717, 1.165) is 11.1 Å². The molecule has 12 heteroatoms. The number of amides is 3. The zero-order chi connectivity index (χ0) is 27.2. The van der Waals surface area contributed by atoms with E-state index in [1.54, 1.807) is 11.9 Å². The van der Waals surface area contributed by atoms with Crippen molar-refractivity contribution in [2.45, 2.75) is 44.6 Å². The summed E-state index contributed by atoms with van der Waals surface area (Å²) in [4.78, 5) is 41.7. The van der Waals surface area contributed by atoms with E-state index in [9.17, 15) is 14.4 Å². The average Bonchev–Trinajstić information content (AvgIpc) is 3.44. The van der Waals surface area contributed by atoms with E-state index < -0.39 is 6.04 Å². The summed E-state index contributed by atoms with van der Waals surface area (Å²) >= 11 is 0. The second kappa shape index (κ2) is 12.0. The highest BCUT2D eigenvalue weighted by Gasteiger charge is 2.34. The van der Waals surface area contributed by atoms with Crippen LogP contribution in [0, 0.1) is 0 Å². The van der Waals surface area contributed by atoms with Gasteiger partial charge in [-0.3, -0.25) is 14.4 Å². The number of ether oxygens (including phenoxy) is 2. The van der Waals surface area contributed by atoms with Gasteiger partial charge in [-0.25, -0.2) is 4.68 Å². The fourth-order valence-corrected chi connectivity index (χ4v) is 4.79. The van der Waals surface area contributed by atoms with Gasteiger partial charge >= 0.3 is 0 Å². The Morgan fingerprint density at radius 2 is 1.85 bits per heavy atom. The molecule has 0 aliphatic carbocycles. The Kier molecular flexibility index (Phi) is 8.11. The highest BCUT2D eigenvalue weighted by atomic mass is 16.5. The predicted octanol–water partition coefficient (Wildman–Crippen LogP) is 1.17. The minimum Gasteiger partial charge on any atom is -0.457 e. The third kappa shape index (κ3) is 6.96. The van der Waals surface area contributed by atoms with Crippen LogP contribution in [-0.4, -0.2) is 86.6 Å². The van der Waals surface area contributed by atoms with Gasteiger partial charge in [0.05, 0.1) is 25.3 Å². The van der Waals surface area contributed by atoms with Crippen LogP contribution in [0.1, 0.15) is 24.0 Å². The number of rotatable bonds is 2. The lowest BCUT2D eigenvalue weighted by Gasteiger charge is -2.39. The number of tetrazole rings is 1. The van der Waals surface area contributed by atoms with Crippen LogP contribution in [-0.2, 0) is 38.7 Å². The highest BCUT2D eigenvalue weighted by molar-refractivity contribution is 5.85. The van der Waals surface area contributed by atoms with E-state index in [1.807, 2.05) is 48.5 Å². The quantitative estimate of drug-likeness (QED) is 0.519. The number of aromatic nitrogens is 4. The number of nitrogens with one attached hydrogen (secondary N) is 1.